The average Bonchev–Trinajstić information content (AvgIpc) is 2.17. The Morgan fingerprint density at radius 3 is 2.73 bits per heavy atom. The molecule has 0 amide bonds. The SMILES string of the molecule is Cc1cc(Br)cc(Nc2cccnc2)c1. The fraction of sp³-hybridized carbons (Fsp3) is 0.0833. The lowest BCUT2D eigenvalue weighted by Gasteiger charge is -2.07. The smallest absolute Gasteiger partial charge is 0.0570 e. The maximum absolute atomic E-state index is 4.05. The Kier molecular flexibility index (Phi) is 3.02. The summed E-state index contributed by atoms with van der Waals surface area (Å²) >= 11 is 3.47. The fourth-order valence-corrected chi connectivity index (χ4v) is 2.02. The van der Waals surface area contributed by atoms with Crippen LogP contribution in [0.4, 0.5) is 11.4 Å². The third-order valence-electron chi connectivity index (χ3n) is 1.99. The van der Waals surface area contributed by atoms with E-state index < -0.39 is 0 Å². The summed E-state index contributed by atoms with van der Waals surface area (Å²) in [5.74, 6) is 0. The van der Waals surface area contributed by atoms with Gasteiger partial charge >= 0.3 is 0 Å². The molecule has 1 heterocycles. The molecular formula is C12H11BrN2. The van der Waals surface area contributed by atoms with Crippen molar-refractivity contribution >= 4 is 27.3 Å². The Balaban J connectivity index is 2.25. The first-order valence-corrected chi connectivity index (χ1v) is 5.47. The van der Waals surface area contributed by atoms with Crippen molar-refractivity contribution in [2.24, 2.45) is 0 Å². The van der Waals surface area contributed by atoms with Crippen LogP contribution in [0.1, 0.15) is 5.56 Å². The molecule has 0 saturated carbocycles. The van der Waals surface area contributed by atoms with Crippen LogP contribution >= 0.6 is 15.9 Å². The predicted octanol–water partition coefficient (Wildman–Crippen LogP) is 3.90. The van der Waals surface area contributed by atoms with Crippen LogP contribution in [0.15, 0.2) is 47.2 Å². The second kappa shape index (κ2) is 4.45. The van der Waals surface area contributed by atoms with Crippen LogP contribution in [0.3, 0.4) is 0 Å². The minimum absolute atomic E-state index is 0.995. The van der Waals surface area contributed by atoms with Crippen molar-refractivity contribution in [2.45, 2.75) is 6.92 Å². The third-order valence-corrected chi connectivity index (χ3v) is 2.45. The zero-order valence-corrected chi connectivity index (χ0v) is 9.95. The highest BCUT2D eigenvalue weighted by Crippen LogP contribution is 2.22. The lowest BCUT2D eigenvalue weighted by Crippen LogP contribution is -1.91. The van der Waals surface area contributed by atoms with Crippen molar-refractivity contribution in [3.63, 3.8) is 0 Å². The average molecular weight is 263 g/mol. The minimum atomic E-state index is 0.995. The number of pyridine rings is 1. The van der Waals surface area contributed by atoms with Crippen LogP contribution in [0.2, 0.25) is 0 Å². The third kappa shape index (κ3) is 2.80. The maximum atomic E-state index is 4.05. The van der Waals surface area contributed by atoms with Gasteiger partial charge in [-0.25, -0.2) is 0 Å². The van der Waals surface area contributed by atoms with Crippen molar-refractivity contribution in [3.8, 4) is 0 Å². The Bertz CT molecular complexity index is 434. The van der Waals surface area contributed by atoms with E-state index >= 15 is 0 Å². The van der Waals surface area contributed by atoms with Crippen LogP contribution in [0.5, 0.6) is 0 Å². The first kappa shape index (κ1) is 10.2. The van der Waals surface area contributed by atoms with E-state index in [0.717, 1.165) is 15.8 Å². The molecular weight excluding hydrogens is 252 g/mol. The zero-order valence-electron chi connectivity index (χ0n) is 8.37. The Morgan fingerprint density at radius 2 is 2.07 bits per heavy atom. The van der Waals surface area contributed by atoms with Crippen molar-refractivity contribution in [1.29, 1.82) is 0 Å². The summed E-state index contributed by atoms with van der Waals surface area (Å²) < 4.78 is 1.08. The van der Waals surface area contributed by atoms with Gasteiger partial charge in [-0.1, -0.05) is 15.9 Å². The Labute approximate surface area is 97.5 Å². The number of aromatic nitrogens is 1. The second-order valence-electron chi connectivity index (χ2n) is 3.38. The van der Waals surface area contributed by atoms with Gasteiger partial charge in [-0.15, -0.1) is 0 Å². The summed E-state index contributed by atoms with van der Waals surface area (Å²) in [6.07, 6.45) is 3.56. The molecule has 0 spiro atoms. The molecule has 0 bridgehead atoms. The van der Waals surface area contributed by atoms with E-state index in [1.54, 1.807) is 12.4 Å². The summed E-state index contributed by atoms with van der Waals surface area (Å²) in [6, 6.07) is 10.1. The van der Waals surface area contributed by atoms with E-state index in [4.69, 9.17) is 0 Å². The molecule has 3 heteroatoms. The molecule has 15 heavy (non-hydrogen) atoms. The molecule has 0 saturated heterocycles. The molecule has 2 rings (SSSR count). The summed E-state index contributed by atoms with van der Waals surface area (Å²) in [7, 11) is 0. The second-order valence-corrected chi connectivity index (χ2v) is 4.30. The van der Waals surface area contributed by atoms with Gasteiger partial charge in [-0.05, 0) is 42.8 Å². The molecule has 0 aliphatic heterocycles. The number of rotatable bonds is 2. The number of aryl methyl sites for hydroxylation is 1. The summed E-state index contributed by atoms with van der Waals surface area (Å²) in [5, 5.41) is 3.29. The highest BCUT2D eigenvalue weighted by molar-refractivity contribution is 9.10. The lowest BCUT2D eigenvalue weighted by atomic mass is 10.2. The molecule has 1 aromatic carbocycles. The van der Waals surface area contributed by atoms with Crippen molar-refractivity contribution in [2.75, 3.05) is 5.32 Å². The molecule has 0 aliphatic rings. The lowest BCUT2D eigenvalue weighted by molar-refractivity contribution is 1.32. The maximum Gasteiger partial charge on any atom is 0.0570 e. The number of hydrogen-bond acceptors (Lipinski definition) is 2. The summed E-state index contributed by atoms with van der Waals surface area (Å²) in [4.78, 5) is 4.05. The van der Waals surface area contributed by atoms with Crippen molar-refractivity contribution in [3.05, 3.63) is 52.8 Å². The summed E-state index contributed by atoms with van der Waals surface area (Å²) in [5.41, 5.74) is 3.28. The van der Waals surface area contributed by atoms with Gasteiger partial charge in [0.15, 0.2) is 0 Å². The molecule has 0 radical (unpaired) electrons. The normalized spacial score (nSPS) is 10.0. The number of halogens is 1. The van der Waals surface area contributed by atoms with Crippen molar-refractivity contribution in [1.82, 2.24) is 4.98 Å². The van der Waals surface area contributed by atoms with E-state index in [1.807, 2.05) is 18.2 Å². The number of nitrogens with zero attached hydrogens (tertiary/aromatic N) is 1. The number of hydrogen-bond donors (Lipinski definition) is 1. The van der Waals surface area contributed by atoms with Gasteiger partial charge in [0.05, 0.1) is 11.9 Å². The molecule has 0 atom stereocenters. The van der Waals surface area contributed by atoms with Gasteiger partial charge in [0, 0.05) is 16.4 Å². The molecule has 0 aliphatic carbocycles. The molecule has 1 aromatic heterocycles. The van der Waals surface area contributed by atoms with Crippen LogP contribution in [0.25, 0.3) is 0 Å². The van der Waals surface area contributed by atoms with E-state index in [9.17, 15) is 0 Å². The van der Waals surface area contributed by atoms with Crippen molar-refractivity contribution < 1.29 is 0 Å². The van der Waals surface area contributed by atoms with Gasteiger partial charge < -0.3 is 5.32 Å². The molecule has 2 aromatic rings. The topological polar surface area (TPSA) is 24.9 Å². The van der Waals surface area contributed by atoms with Crippen LogP contribution in [-0.4, -0.2) is 4.98 Å². The molecule has 0 unspecified atom stereocenters. The number of nitrogens with one attached hydrogen (secondary N) is 1. The standard InChI is InChI=1S/C12H11BrN2/c1-9-5-10(13)7-12(6-9)15-11-3-2-4-14-8-11/h2-8,15H,1H3. The van der Waals surface area contributed by atoms with E-state index in [2.05, 4.69) is 45.3 Å². The van der Waals surface area contributed by atoms with Gasteiger partial charge in [-0.2, -0.15) is 0 Å². The van der Waals surface area contributed by atoms with E-state index in [0.29, 0.717) is 0 Å². The monoisotopic (exact) mass is 262 g/mol. The molecule has 0 fully saturated rings. The number of anilines is 2. The minimum Gasteiger partial charge on any atom is -0.354 e. The highest BCUT2D eigenvalue weighted by atomic mass is 79.9. The van der Waals surface area contributed by atoms with Crippen LogP contribution in [-0.2, 0) is 0 Å². The quantitative estimate of drug-likeness (QED) is 0.888. The first-order valence-electron chi connectivity index (χ1n) is 4.68. The number of benzene rings is 1. The van der Waals surface area contributed by atoms with Gasteiger partial charge in [-0.3, -0.25) is 4.98 Å². The predicted molar refractivity (Wildman–Crippen MR) is 66.4 cm³/mol. The van der Waals surface area contributed by atoms with E-state index in [-0.39, 0.29) is 0 Å². The van der Waals surface area contributed by atoms with Crippen LogP contribution < -0.4 is 5.32 Å². The van der Waals surface area contributed by atoms with Crippen LogP contribution in [0, 0.1) is 6.92 Å². The molecule has 76 valence electrons. The highest BCUT2D eigenvalue weighted by Gasteiger charge is 1.97. The Morgan fingerprint density at radius 1 is 1.20 bits per heavy atom. The van der Waals surface area contributed by atoms with E-state index in [1.165, 1.54) is 5.56 Å². The molecule has 2 nitrogen and oxygen atoms in total. The van der Waals surface area contributed by atoms with Gasteiger partial charge in [0.2, 0.25) is 0 Å². The molecule has 1 N–H and O–H groups in total. The largest absolute Gasteiger partial charge is 0.354 e. The zero-order chi connectivity index (χ0) is 10.7. The first-order chi connectivity index (χ1) is 7.24. The summed E-state index contributed by atoms with van der Waals surface area (Å²) in [6.45, 7) is 2.07. The fourth-order valence-electron chi connectivity index (χ4n) is 1.41. The van der Waals surface area contributed by atoms with Gasteiger partial charge in [0.1, 0.15) is 0 Å². The van der Waals surface area contributed by atoms with Gasteiger partial charge in [0.25, 0.3) is 0 Å². The Hall–Kier alpha value is -1.35.